The van der Waals surface area contributed by atoms with Crippen LogP contribution >= 0.6 is 11.6 Å². The Morgan fingerprint density at radius 2 is 2.00 bits per heavy atom. The van der Waals surface area contributed by atoms with Crippen LogP contribution in [0.25, 0.3) is 0 Å². The Kier molecular flexibility index (Phi) is 12.0. The SMILES string of the molecule is CNCC(CC1CCC(=O)CC1)NC(=O)N1CCCC(C(OCCNC(=O)OC)c2cccc(Cl)c2)C1. The zero-order valence-electron chi connectivity index (χ0n) is 22.0. The normalized spacial score (nSPS) is 20.2. The molecule has 2 fully saturated rings. The number of alkyl carbamates (subject to hydrolysis) is 1. The van der Waals surface area contributed by atoms with Gasteiger partial charge in [-0.15, -0.1) is 0 Å². The topological polar surface area (TPSA) is 109 Å². The standard InChI is InChI=1S/C27H41ClN4O5/c1-29-17-23(15-19-8-10-24(33)11-9-19)31-26(34)32-13-4-6-21(18-32)25(20-5-3-7-22(28)16-20)37-14-12-30-27(35)36-2/h3,5,7,16,19,21,23,25,29H,4,6,8-15,17-18H2,1-2H3,(H,30,35)(H,31,34). The number of piperidine rings is 1. The molecule has 3 atom stereocenters. The van der Waals surface area contributed by atoms with E-state index in [2.05, 4.69) is 20.7 Å². The monoisotopic (exact) mass is 536 g/mol. The van der Waals surface area contributed by atoms with Crippen LogP contribution in [0.3, 0.4) is 0 Å². The number of rotatable bonds is 11. The molecule has 3 rings (SSSR count). The maximum Gasteiger partial charge on any atom is 0.406 e. The van der Waals surface area contributed by atoms with Crippen molar-refractivity contribution < 1.29 is 23.9 Å². The van der Waals surface area contributed by atoms with Crippen LogP contribution in [0.2, 0.25) is 5.02 Å². The van der Waals surface area contributed by atoms with Crippen LogP contribution in [0.1, 0.15) is 56.6 Å². The number of likely N-dealkylation sites (N-methyl/N-ethyl adjacent to an activating group) is 1. The zero-order chi connectivity index (χ0) is 26.6. The number of amides is 3. The summed E-state index contributed by atoms with van der Waals surface area (Å²) in [7, 11) is 3.21. The van der Waals surface area contributed by atoms with Crippen molar-refractivity contribution in [1.82, 2.24) is 20.9 Å². The molecule has 37 heavy (non-hydrogen) atoms. The van der Waals surface area contributed by atoms with Crippen LogP contribution in [-0.4, -0.2) is 75.8 Å². The lowest BCUT2D eigenvalue weighted by Gasteiger charge is -2.38. The van der Waals surface area contributed by atoms with Crippen molar-refractivity contribution >= 4 is 29.5 Å². The van der Waals surface area contributed by atoms with E-state index in [-0.39, 0.29) is 24.1 Å². The van der Waals surface area contributed by atoms with Gasteiger partial charge in [-0.2, -0.15) is 0 Å². The first-order valence-electron chi connectivity index (χ1n) is 13.3. The van der Waals surface area contributed by atoms with Gasteiger partial charge in [0, 0.05) is 56.0 Å². The fraction of sp³-hybridized carbons (Fsp3) is 0.667. The van der Waals surface area contributed by atoms with Gasteiger partial charge < -0.3 is 30.3 Å². The minimum Gasteiger partial charge on any atom is -0.453 e. The number of carbonyl (C=O) groups is 3. The number of hydrogen-bond donors (Lipinski definition) is 3. The maximum atomic E-state index is 13.3. The Morgan fingerprint density at radius 3 is 2.70 bits per heavy atom. The van der Waals surface area contributed by atoms with E-state index in [9.17, 15) is 14.4 Å². The summed E-state index contributed by atoms with van der Waals surface area (Å²) < 4.78 is 10.9. The first kappa shape index (κ1) is 29.2. The molecule has 1 aliphatic heterocycles. The van der Waals surface area contributed by atoms with Crippen LogP contribution in [-0.2, 0) is 14.3 Å². The van der Waals surface area contributed by atoms with Crippen LogP contribution < -0.4 is 16.0 Å². The Hall–Kier alpha value is -2.36. The summed E-state index contributed by atoms with van der Waals surface area (Å²) in [4.78, 5) is 38.2. The second-order valence-electron chi connectivity index (χ2n) is 10.0. The number of likely N-dealkylation sites (tertiary alicyclic amines) is 1. The molecule has 1 heterocycles. The molecule has 0 spiro atoms. The number of carbonyl (C=O) groups excluding carboxylic acids is 3. The van der Waals surface area contributed by atoms with Gasteiger partial charge in [-0.1, -0.05) is 23.7 Å². The van der Waals surface area contributed by atoms with Crippen LogP contribution in [0.4, 0.5) is 9.59 Å². The number of benzene rings is 1. The van der Waals surface area contributed by atoms with Gasteiger partial charge in [0.1, 0.15) is 5.78 Å². The summed E-state index contributed by atoms with van der Waals surface area (Å²) in [6, 6.07) is 7.56. The number of ketones is 1. The van der Waals surface area contributed by atoms with Gasteiger partial charge >= 0.3 is 12.1 Å². The van der Waals surface area contributed by atoms with Gasteiger partial charge in [0.2, 0.25) is 0 Å². The summed E-state index contributed by atoms with van der Waals surface area (Å²) in [6.07, 6.45) is 5.02. The van der Waals surface area contributed by atoms with Gasteiger partial charge in [0.05, 0.1) is 19.8 Å². The minimum absolute atomic E-state index is 0.0143. The third-order valence-corrected chi connectivity index (χ3v) is 7.50. The van der Waals surface area contributed by atoms with E-state index < -0.39 is 6.09 Å². The third-order valence-electron chi connectivity index (χ3n) is 7.26. The Balaban J connectivity index is 1.61. The van der Waals surface area contributed by atoms with E-state index in [1.807, 2.05) is 36.2 Å². The van der Waals surface area contributed by atoms with Crippen molar-refractivity contribution in [1.29, 1.82) is 0 Å². The highest BCUT2D eigenvalue weighted by atomic mass is 35.5. The third kappa shape index (κ3) is 9.47. The van der Waals surface area contributed by atoms with Crippen molar-refractivity contribution in [3.63, 3.8) is 0 Å². The second-order valence-corrected chi connectivity index (χ2v) is 10.5. The molecule has 1 aromatic carbocycles. The van der Waals surface area contributed by atoms with Crippen LogP contribution in [0, 0.1) is 11.8 Å². The highest BCUT2D eigenvalue weighted by molar-refractivity contribution is 6.30. The van der Waals surface area contributed by atoms with Gasteiger partial charge in [-0.05, 0) is 62.8 Å². The molecule has 9 nitrogen and oxygen atoms in total. The molecule has 10 heteroatoms. The lowest BCUT2D eigenvalue weighted by atomic mass is 9.84. The van der Waals surface area contributed by atoms with E-state index >= 15 is 0 Å². The Labute approximate surface area is 225 Å². The Bertz CT molecular complexity index is 891. The number of urea groups is 1. The van der Waals surface area contributed by atoms with Crippen molar-refractivity contribution in [2.75, 3.05) is 46.9 Å². The molecule has 1 saturated heterocycles. The molecule has 0 radical (unpaired) electrons. The van der Waals surface area contributed by atoms with E-state index in [0.29, 0.717) is 62.4 Å². The smallest absolute Gasteiger partial charge is 0.406 e. The minimum atomic E-state index is -0.501. The predicted octanol–water partition coefficient (Wildman–Crippen LogP) is 3.91. The fourth-order valence-electron chi connectivity index (χ4n) is 5.38. The molecule has 3 N–H and O–H groups in total. The zero-order valence-corrected chi connectivity index (χ0v) is 22.7. The van der Waals surface area contributed by atoms with Crippen LogP contribution in [0.5, 0.6) is 0 Å². The molecule has 3 unspecified atom stereocenters. The van der Waals surface area contributed by atoms with Crippen molar-refractivity contribution in [2.45, 2.75) is 57.1 Å². The number of nitrogens with zero attached hydrogens (tertiary/aromatic N) is 1. The number of methoxy groups -OCH3 is 1. The summed E-state index contributed by atoms with van der Waals surface area (Å²) in [5.41, 5.74) is 0.956. The first-order valence-corrected chi connectivity index (χ1v) is 13.7. The maximum absolute atomic E-state index is 13.3. The molecular weight excluding hydrogens is 496 g/mol. The summed E-state index contributed by atoms with van der Waals surface area (Å²) >= 11 is 6.28. The van der Waals surface area contributed by atoms with Crippen molar-refractivity contribution in [2.24, 2.45) is 11.8 Å². The molecule has 1 saturated carbocycles. The highest BCUT2D eigenvalue weighted by Gasteiger charge is 2.32. The van der Waals surface area contributed by atoms with Crippen molar-refractivity contribution in [3.05, 3.63) is 34.9 Å². The van der Waals surface area contributed by atoms with E-state index in [4.69, 9.17) is 16.3 Å². The van der Waals surface area contributed by atoms with E-state index in [0.717, 1.165) is 37.7 Å². The summed E-state index contributed by atoms with van der Waals surface area (Å²) in [5, 5.41) is 9.71. The van der Waals surface area contributed by atoms with E-state index in [1.54, 1.807) is 0 Å². The predicted molar refractivity (Wildman–Crippen MR) is 143 cm³/mol. The molecule has 2 aliphatic rings. The van der Waals surface area contributed by atoms with Gasteiger partial charge in [-0.25, -0.2) is 9.59 Å². The molecule has 0 aromatic heterocycles. The Morgan fingerprint density at radius 1 is 1.22 bits per heavy atom. The molecule has 1 aliphatic carbocycles. The first-order chi connectivity index (χ1) is 17.9. The number of ether oxygens (including phenoxy) is 2. The van der Waals surface area contributed by atoms with Gasteiger partial charge in [0.25, 0.3) is 0 Å². The van der Waals surface area contributed by atoms with Gasteiger partial charge in [0.15, 0.2) is 0 Å². The van der Waals surface area contributed by atoms with Gasteiger partial charge in [-0.3, -0.25) is 4.79 Å². The molecular formula is C27H41ClN4O5. The number of halogens is 1. The fourth-order valence-corrected chi connectivity index (χ4v) is 5.58. The quantitative estimate of drug-likeness (QED) is 0.370. The number of nitrogens with one attached hydrogen (secondary N) is 3. The molecule has 1 aromatic rings. The molecule has 0 bridgehead atoms. The molecule has 206 valence electrons. The average Bonchev–Trinajstić information content (AvgIpc) is 2.90. The summed E-state index contributed by atoms with van der Waals surface area (Å²) in [6.45, 7) is 2.58. The largest absolute Gasteiger partial charge is 0.453 e. The van der Waals surface area contributed by atoms with E-state index in [1.165, 1.54) is 7.11 Å². The van der Waals surface area contributed by atoms with Crippen molar-refractivity contribution in [3.8, 4) is 0 Å². The highest BCUT2D eigenvalue weighted by Crippen LogP contribution is 2.34. The number of Topliss-reactive ketones (excluding diaryl/α,β-unsaturated/α-hetero) is 1. The second kappa shape index (κ2) is 15.1. The number of hydrogen-bond acceptors (Lipinski definition) is 6. The van der Waals surface area contributed by atoms with Crippen LogP contribution in [0.15, 0.2) is 24.3 Å². The molecule has 3 amide bonds. The summed E-state index contributed by atoms with van der Waals surface area (Å²) in [5.74, 6) is 0.898. The average molecular weight is 537 g/mol. The lowest BCUT2D eigenvalue weighted by molar-refractivity contribution is -0.121. The lowest BCUT2D eigenvalue weighted by Crippen LogP contribution is -2.52.